The maximum absolute atomic E-state index is 12.6. The SMILES string of the molecule is C[C@H]1C[NH+](CC(=O)Nc2ccccc2C(=O)NCCc2ccccc2)C[C@H](C)O1. The van der Waals surface area contributed by atoms with Gasteiger partial charge in [0.2, 0.25) is 0 Å². The van der Waals surface area contributed by atoms with Crippen molar-refractivity contribution in [1.82, 2.24) is 5.32 Å². The Morgan fingerprint density at radius 2 is 1.66 bits per heavy atom. The van der Waals surface area contributed by atoms with Gasteiger partial charge in [-0.05, 0) is 38.0 Å². The number of amides is 2. The highest BCUT2D eigenvalue weighted by molar-refractivity contribution is 6.03. The predicted molar refractivity (Wildman–Crippen MR) is 113 cm³/mol. The van der Waals surface area contributed by atoms with E-state index in [0.29, 0.717) is 24.3 Å². The highest BCUT2D eigenvalue weighted by atomic mass is 16.5. The number of rotatable bonds is 7. The molecular formula is C23H30N3O3+. The summed E-state index contributed by atoms with van der Waals surface area (Å²) >= 11 is 0. The van der Waals surface area contributed by atoms with E-state index in [9.17, 15) is 9.59 Å². The van der Waals surface area contributed by atoms with Crippen molar-refractivity contribution < 1.29 is 19.2 Å². The van der Waals surface area contributed by atoms with Crippen LogP contribution in [0.25, 0.3) is 0 Å². The molecule has 6 nitrogen and oxygen atoms in total. The fourth-order valence-corrected chi connectivity index (χ4v) is 3.81. The van der Waals surface area contributed by atoms with E-state index < -0.39 is 0 Å². The summed E-state index contributed by atoms with van der Waals surface area (Å²) in [5.41, 5.74) is 2.20. The number of quaternary nitrogens is 1. The van der Waals surface area contributed by atoms with Crippen LogP contribution in [0.2, 0.25) is 0 Å². The number of carbonyl (C=O) groups is 2. The van der Waals surface area contributed by atoms with Gasteiger partial charge < -0.3 is 20.3 Å². The van der Waals surface area contributed by atoms with Gasteiger partial charge in [0.25, 0.3) is 11.8 Å². The lowest BCUT2D eigenvalue weighted by Gasteiger charge is -2.31. The number of anilines is 1. The Labute approximate surface area is 172 Å². The lowest BCUT2D eigenvalue weighted by atomic mass is 10.1. The molecule has 2 aromatic rings. The van der Waals surface area contributed by atoms with E-state index >= 15 is 0 Å². The molecule has 0 aromatic heterocycles. The maximum Gasteiger partial charge on any atom is 0.279 e. The third kappa shape index (κ3) is 6.41. The molecule has 154 valence electrons. The molecule has 1 heterocycles. The molecule has 0 spiro atoms. The molecule has 0 unspecified atom stereocenters. The second kappa shape index (κ2) is 10.2. The summed E-state index contributed by atoms with van der Waals surface area (Å²) in [6.07, 6.45) is 1.05. The highest BCUT2D eigenvalue weighted by Gasteiger charge is 2.27. The van der Waals surface area contributed by atoms with E-state index in [1.165, 1.54) is 10.5 Å². The summed E-state index contributed by atoms with van der Waals surface area (Å²) in [6.45, 7) is 6.57. The molecule has 29 heavy (non-hydrogen) atoms. The topological polar surface area (TPSA) is 71.9 Å². The molecule has 3 rings (SSSR count). The maximum atomic E-state index is 12.6. The van der Waals surface area contributed by atoms with Crippen LogP contribution in [0.4, 0.5) is 5.69 Å². The molecule has 1 fully saturated rings. The first-order valence-electron chi connectivity index (χ1n) is 10.2. The molecule has 0 aliphatic carbocycles. The monoisotopic (exact) mass is 396 g/mol. The number of carbonyl (C=O) groups excluding carboxylic acids is 2. The Hall–Kier alpha value is -2.70. The van der Waals surface area contributed by atoms with Crippen molar-refractivity contribution in [3.63, 3.8) is 0 Å². The Kier molecular flexibility index (Phi) is 7.38. The summed E-state index contributed by atoms with van der Waals surface area (Å²) in [5.74, 6) is -0.274. The van der Waals surface area contributed by atoms with E-state index in [2.05, 4.69) is 10.6 Å². The predicted octanol–water partition coefficient (Wildman–Crippen LogP) is 1.29. The smallest absolute Gasteiger partial charge is 0.279 e. The Morgan fingerprint density at radius 1 is 1.00 bits per heavy atom. The third-order valence-electron chi connectivity index (χ3n) is 5.02. The van der Waals surface area contributed by atoms with E-state index in [-0.39, 0.29) is 24.0 Å². The lowest BCUT2D eigenvalue weighted by molar-refractivity contribution is -0.907. The summed E-state index contributed by atoms with van der Waals surface area (Å²) in [7, 11) is 0. The molecule has 3 N–H and O–H groups in total. The number of ether oxygens (including phenoxy) is 1. The average molecular weight is 397 g/mol. The molecule has 1 saturated heterocycles. The van der Waals surface area contributed by atoms with Gasteiger partial charge in [-0.25, -0.2) is 0 Å². The molecular weight excluding hydrogens is 366 g/mol. The zero-order valence-corrected chi connectivity index (χ0v) is 17.1. The standard InChI is InChI=1S/C23H29N3O3/c1-17-14-26(15-18(2)29-17)16-22(27)25-21-11-7-6-10-20(21)23(28)24-13-12-19-8-4-3-5-9-19/h3-11,17-18H,12-16H2,1-2H3,(H,24,28)(H,25,27)/p+1/t17-,18-/m0/s1. The van der Waals surface area contributed by atoms with Crippen molar-refractivity contribution in [3.05, 3.63) is 65.7 Å². The number of para-hydroxylation sites is 1. The zero-order valence-electron chi connectivity index (χ0n) is 17.1. The third-order valence-corrected chi connectivity index (χ3v) is 5.02. The van der Waals surface area contributed by atoms with Crippen LogP contribution >= 0.6 is 0 Å². The summed E-state index contributed by atoms with van der Waals surface area (Å²) in [4.78, 5) is 26.4. The van der Waals surface area contributed by atoms with Crippen molar-refractivity contribution in [1.29, 1.82) is 0 Å². The van der Waals surface area contributed by atoms with Crippen molar-refractivity contribution in [2.45, 2.75) is 32.5 Å². The minimum Gasteiger partial charge on any atom is -0.364 e. The van der Waals surface area contributed by atoms with E-state index in [1.54, 1.807) is 18.2 Å². The molecule has 2 atom stereocenters. The van der Waals surface area contributed by atoms with Gasteiger partial charge in [0, 0.05) is 6.54 Å². The fourth-order valence-electron chi connectivity index (χ4n) is 3.81. The molecule has 0 saturated carbocycles. The summed E-state index contributed by atoms with van der Waals surface area (Å²) in [6, 6.07) is 17.1. The van der Waals surface area contributed by atoms with Gasteiger partial charge in [-0.3, -0.25) is 9.59 Å². The minimum atomic E-state index is -0.183. The van der Waals surface area contributed by atoms with E-state index in [1.807, 2.05) is 50.2 Å². The van der Waals surface area contributed by atoms with Gasteiger partial charge in [0.05, 0.1) is 11.3 Å². The molecule has 1 aliphatic heterocycles. The molecule has 2 amide bonds. The largest absolute Gasteiger partial charge is 0.364 e. The van der Waals surface area contributed by atoms with Crippen molar-refractivity contribution in [2.24, 2.45) is 0 Å². The van der Waals surface area contributed by atoms with Crippen molar-refractivity contribution in [3.8, 4) is 0 Å². The van der Waals surface area contributed by atoms with Gasteiger partial charge >= 0.3 is 0 Å². The van der Waals surface area contributed by atoms with Crippen LogP contribution < -0.4 is 15.5 Å². The second-order valence-electron chi connectivity index (χ2n) is 7.68. The first-order valence-corrected chi connectivity index (χ1v) is 10.2. The lowest BCUT2D eigenvalue weighted by Crippen LogP contribution is -3.16. The quantitative estimate of drug-likeness (QED) is 0.660. The zero-order chi connectivity index (χ0) is 20.6. The van der Waals surface area contributed by atoms with E-state index in [0.717, 1.165) is 19.5 Å². The van der Waals surface area contributed by atoms with Gasteiger partial charge in [0.15, 0.2) is 6.54 Å². The van der Waals surface area contributed by atoms with Crippen LogP contribution in [0.5, 0.6) is 0 Å². The summed E-state index contributed by atoms with van der Waals surface area (Å²) < 4.78 is 5.73. The van der Waals surface area contributed by atoms with E-state index in [4.69, 9.17) is 4.74 Å². The second-order valence-corrected chi connectivity index (χ2v) is 7.68. The normalized spacial score (nSPS) is 21.4. The average Bonchev–Trinajstić information content (AvgIpc) is 2.68. The Balaban J connectivity index is 1.55. The number of morpholine rings is 1. The van der Waals surface area contributed by atoms with Crippen LogP contribution in [0.3, 0.4) is 0 Å². The number of hydrogen-bond acceptors (Lipinski definition) is 3. The van der Waals surface area contributed by atoms with Crippen LogP contribution in [0.1, 0.15) is 29.8 Å². The van der Waals surface area contributed by atoms with Crippen LogP contribution in [0, 0.1) is 0 Å². The van der Waals surface area contributed by atoms with Gasteiger partial charge in [-0.1, -0.05) is 42.5 Å². The van der Waals surface area contributed by atoms with Crippen molar-refractivity contribution >= 4 is 17.5 Å². The molecule has 1 aliphatic rings. The molecule has 0 bridgehead atoms. The first kappa shape index (κ1) is 21.0. The van der Waals surface area contributed by atoms with Crippen LogP contribution in [0.15, 0.2) is 54.6 Å². The van der Waals surface area contributed by atoms with Gasteiger partial charge in [-0.2, -0.15) is 0 Å². The van der Waals surface area contributed by atoms with Gasteiger partial charge in [0.1, 0.15) is 25.3 Å². The number of benzene rings is 2. The summed E-state index contributed by atoms with van der Waals surface area (Å²) in [5, 5.41) is 5.86. The molecule has 2 aromatic carbocycles. The van der Waals surface area contributed by atoms with Crippen LogP contribution in [-0.2, 0) is 16.0 Å². The Bertz CT molecular complexity index is 815. The Morgan fingerprint density at radius 3 is 2.38 bits per heavy atom. The number of hydrogen-bond donors (Lipinski definition) is 3. The minimum absolute atomic E-state index is 0.0918. The molecule has 0 radical (unpaired) electrons. The highest BCUT2D eigenvalue weighted by Crippen LogP contribution is 2.14. The van der Waals surface area contributed by atoms with Gasteiger partial charge in [-0.15, -0.1) is 0 Å². The van der Waals surface area contributed by atoms with Crippen molar-refractivity contribution in [2.75, 3.05) is 31.5 Å². The molecule has 6 heteroatoms. The first-order chi connectivity index (χ1) is 14.0. The number of nitrogens with one attached hydrogen (secondary N) is 3. The van der Waals surface area contributed by atoms with Crippen LogP contribution in [-0.4, -0.2) is 50.2 Å². The fraction of sp³-hybridized carbons (Fsp3) is 0.391.